The van der Waals surface area contributed by atoms with Gasteiger partial charge < -0.3 is 0 Å². The third-order valence-electron chi connectivity index (χ3n) is 3.18. The molecule has 7 heteroatoms. The lowest BCUT2D eigenvalue weighted by molar-refractivity contribution is 0.0949. The van der Waals surface area contributed by atoms with E-state index in [9.17, 15) is 4.79 Å². The third kappa shape index (κ3) is 4.27. The molecule has 0 bridgehead atoms. The van der Waals surface area contributed by atoms with Crippen molar-refractivity contribution in [2.75, 3.05) is 0 Å². The number of carbonyl (C=O) groups excluding carboxylic acids is 1. The van der Waals surface area contributed by atoms with Crippen LogP contribution in [0.3, 0.4) is 0 Å². The van der Waals surface area contributed by atoms with Crippen LogP contribution in [0.4, 0.5) is 0 Å². The van der Waals surface area contributed by atoms with Crippen LogP contribution >= 0.6 is 11.6 Å². The van der Waals surface area contributed by atoms with Crippen LogP contribution in [-0.4, -0.2) is 26.9 Å². The van der Waals surface area contributed by atoms with Crippen LogP contribution in [-0.2, 0) is 6.54 Å². The van der Waals surface area contributed by atoms with E-state index in [1.165, 1.54) is 6.21 Å². The Labute approximate surface area is 143 Å². The zero-order valence-corrected chi connectivity index (χ0v) is 13.4. The van der Waals surface area contributed by atoms with Crippen molar-refractivity contribution in [1.29, 1.82) is 0 Å². The highest BCUT2D eigenvalue weighted by Gasteiger charge is 2.08. The van der Waals surface area contributed by atoms with Crippen molar-refractivity contribution in [1.82, 2.24) is 20.2 Å². The van der Waals surface area contributed by atoms with Gasteiger partial charge in [-0.25, -0.2) is 5.43 Å². The lowest BCUT2D eigenvalue weighted by Gasteiger charge is -2.02. The smallest absolute Gasteiger partial charge is 0.268 e. The van der Waals surface area contributed by atoms with Crippen molar-refractivity contribution >= 4 is 23.7 Å². The van der Waals surface area contributed by atoms with E-state index < -0.39 is 0 Å². The number of halogens is 1. The number of carbonyl (C=O) groups is 1. The molecule has 0 aliphatic rings. The predicted molar refractivity (Wildman–Crippen MR) is 92.1 cm³/mol. The molecule has 1 aromatic carbocycles. The standard InChI is InChI=1S/C17H14ClN5O/c18-14-6-4-13(5-7-14)12-23-10-8-16(22-23)17(24)21-20-11-15-3-1-2-9-19-15/h1-11H,12H2,(H,21,24). The Morgan fingerprint density at radius 3 is 2.79 bits per heavy atom. The van der Waals surface area contributed by atoms with Gasteiger partial charge in [-0.2, -0.15) is 10.2 Å². The number of nitrogens with zero attached hydrogens (tertiary/aromatic N) is 4. The van der Waals surface area contributed by atoms with Crippen molar-refractivity contribution in [2.45, 2.75) is 6.54 Å². The van der Waals surface area contributed by atoms with Gasteiger partial charge in [-0.05, 0) is 35.9 Å². The number of hydrazone groups is 1. The summed E-state index contributed by atoms with van der Waals surface area (Å²) in [5, 5.41) is 8.79. The molecule has 24 heavy (non-hydrogen) atoms. The molecule has 120 valence electrons. The molecule has 0 aliphatic heterocycles. The van der Waals surface area contributed by atoms with Crippen LogP contribution in [0.2, 0.25) is 5.02 Å². The number of rotatable bonds is 5. The van der Waals surface area contributed by atoms with Gasteiger partial charge in [-0.1, -0.05) is 29.8 Å². The lowest BCUT2D eigenvalue weighted by atomic mass is 10.2. The molecule has 0 saturated heterocycles. The van der Waals surface area contributed by atoms with E-state index in [0.717, 1.165) is 5.56 Å². The van der Waals surface area contributed by atoms with Crippen LogP contribution in [0.25, 0.3) is 0 Å². The first-order chi connectivity index (χ1) is 11.7. The number of amides is 1. The van der Waals surface area contributed by atoms with Gasteiger partial charge in [0.05, 0.1) is 18.5 Å². The van der Waals surface area contributed by atoms with Crippen LogP contribution in [0, 0.1) is 0 Å². The first-order valence-electron chi connectivity index (χ1n) is 7.23. The molecule has 3 aromatic rings. The maximum Gasteiger partial charge on any atom is 0.291 e. The Kier molecular flexibility index (Phi) is 4.98. The van der Waals surface area contributed by atoms with Crippen LogP contribution in [0.5, 0.6) is 0 Å². The van der Waals surface area contributed by atoms with Gasteiger partial charge in [0.15, 0.2) is 5.69 Å². The Bertz CT molecular complexity index is 843. The van der Waals surface area contributed by atoms with Crippen LogP contribution < -0.4 is 5.43 Å². The highest BCUT2D eigenvalue weighted by Crippen LogP contribution is 2.10. The fourth-order valence-corrected chi connectivity index (χ4v) is 2.14. The minimum absolute atomic E-state index is 0.294. The van der Waals surface area contributed by atoms with Gasteiger partial charge >= 0.3 is 0 Å². The molecule has 2 aromatic heterocycles. The lowest BCUT2D eigenvalue weighted by Crippen LogP contribution is -2.18. The zero-order chi connectivity index (χ0) is 16.8. The van der Waals surface area contributed by atoms with Crippen molar-refractivity contribution in [3.05, 3.63) is 82.9 Å². The highest BCUT2D eigenvalue weighted by atomic mass is 35.5. The number of hydrogen-bond donors (Lipinski definition) is 1. The molecule has 0 fully saturated rings. The molecule has 0 saturated carbocycles. The summed E-state index contributed by atoms with van der Waals surface area (Å²) in [5.74, 6) is -0.378. The number of pyridine rings is 1. The van der Waals surface area contributed by atoms with Crippen LogP contribution in [0.15, 0.2) is 66.0 Å². The van der Waals surface area contributed by atoms with E-state index in [2.05, 4.69) is 20.6 Å². The van der Waals surface area contributed by atoms with Gasteiger partial charge in [0.2, 0.25) is 0 Å². The van der Waals surface area contributed by atoms with Crippen molar-refractivity contribution in [3.8, 4) is 0 Å². The van der Waals surface area contributed by atoms with Gasteiger partial charge in [0.1, 0.15) is 0 Å². The quantitative estimate of drug-likeness (QED) is 0.574. The SMILES string of the molecule is O=C(NN=Cc1ccccn1)c1ccn(Cc2ccc(Cl)cc2)n1. The second kappa shape index (κ2) is 7.52. The maximum absolute atomic E-state index is 12.0. The van der Waals surface area contributed by atoms with Gasteiger partial charge in [0, 0.05) is 17.4 Å². The maximum atomic E-state index is 12.0. The van der Waals surface area contributed by atoms with E-state index in [0.29, 0.717) is 23.0 Å². The molecule has 1 N–H and O–H groups in total. The number of aromatic nitrogens is 3. The summed E-state index contributed by atoms with van der Waals surface area (Å²) in [6.45, 7) is 0.557. The summed E-state index contributed by atoms with van der Waals surface area (Å²) in [5.41, 5.74) is 4.43. The highest BCUT2D eigenvalue weighted by molar-refractivity contribution is 6.30. The summed E-state index contributed by atoms with van der Waals surface area (Å²) in [6, 6.07) is 14.6. The molecule has 0 atom stereocenters. The molecule has 1 amide bonds. The molecule has 2 heterocycles. The third-order valence-corrected chi connectivity index (χ3v) is 3.43. The molecule has 0 radical (unpaired) electrons. The Hall–Kier alpha value is -2.99. The predicted octanol–water partition coefficient (Wildman–Crippen LogP) is 2.74. The monoisotopic (exact) mass is 339 g/mol. The minimum Gasteiger partial charge on any atom is -0.268 e. The zero-order valence-electron chi connectivity index (χ0n) is 12.6. The molecule has 6 nitrogen and oxygen atoms in total. The van der Waals surface area contributed by atoms with E-state index in [4.69, 9.17) is 11.6 Å². The number of benzene rings is 1. The Morgan fingerprint density at radius 1 is 1.21 bits per heavy atom. The van der Waals surface area contributed by atoms with Crippen molar-refractivity contribution in [2.24, 2.45) is 5.10 Å². The second-order valence-electron chi connectivity index (χ2n) is 4.98. The summed E-state index contributed by atoms with van der Waals surface area (Å²) < 4.78 is 1.68. The summed E-state index contributed by atoms with van der Waals surface area (Å²) in [6.07, 6.45) is 4.87. The molecule has 3 rings (SSSR count). The number of nitrogens with one attached hydrogen (secondary N) is 1. The average Bonchev–Trinajstić information content (AvgIpc) is 3.06. The molecular weight excluding hydrogens is 326 g/mol. The van der Waals surface area contributed by atoms with E-state index >= 15 is 0 Å². The fourth-order valence-electron chi connectivity index (χ4n) is 2.01. The molecular formula is C17H14ClN5O. The topological polar surface area (TPSA) is 72.2 Å². The van der Waals surface area contributed by atoms with Gasteiger partial charge in [0.25, 0.3) is 5.91 Å². The van der Waals surface area contributed by atoms with Crippen molar-refractivity contribution < 1.29 is 4.79 Å². The minimum atomic E-state index is -0.378. The van der Waals surface area contributed by atoms with Crippen LogP contribution in [0.1, 0.15) is 21.7 Å². The second-order valence-corrected chi connectivity index (χ2v) is 5.42. The first-order valence-corrected chi connectivity index (χ1v) is 7.61. The molecule has 0 spiro atoms. The first kappa shape index (κ1) is 15.9. The average molecular weight is 340 g/mol. The summed E-state index contributed by atoms with van der Waals surface area (Å²) in [7, 11) is 0. The summed E-state index contributed by atoms with van der Waals surface area (Å²) >= 11 is 5.86. The van der Waals surface area contributed by atoms with Gasteiger partial charge in [-0.3, -0.25) is 14.5 Å². The summed E-state index contributed by atoms with van der Waals surface area (Å²) in [4.78, 5) is 16.1. The largest absolute Gasteiger partial charge is 0.291 e. The normalized spacial score (nSPS) is 10.9. The van der Waals surface area contributed by atoms with E-state index in [1.807, 2.05) is 36.4 Å². The Morgan fingerprint density at radius 2 is 2.04 bits per heavy atom. The van der Waals surface area contributed by atoms with E-state index in [1.54, 1.807) is 29.2 Å². The Balaban J connectivity index is 1.59. The molecule has 0 unspecified atom stereocenters. The van der Waals surface area contributed by atoms with Crippen molar-refractivity contribution in [3.63, 3.8) is 0 Å². The fraction of sp³-hybridized carbons (Fsp3) is 0.0588. The number of hydrogen-bond acceptors (Lipinski definition) is 4. The molecule has 0 aliphatic carbocycles. The van der Waals surface area contributed by atoms with E-state index in [-0.39, 0.29) is 5.91 Å². The van der Waals surface area contributed by atoms with Gasteiger partial charge in [-0.15, -0.1) is 0 Å².